The third-order valence-electron chi connectivity index (χ3n) is 4.09. The molecule has 2 heterocycles. The van der Waals surface area contributed by atoms with E-state index in [1.165, 1.54) is 28.8 Å². The fraction of sp³-hybridized carbons (Fsp3) is 0. The van der Waals surface area contributed by atoms with Gasteiger partial charge < -0.3 is 10.8 Å². The summed E-state index contributed by atoms with van der Waals surface area (Å²) in [5.41, 5.74) is 5.91. The minimum absolute atomic E-state index is 0.0633. The van der Waals surface area contributed by atoms with Crippen molar-refractivity contribution in [3.05, 3.63) is 73.3 Å². The van der Waals surface area contributed by atoms with Gasteiger partial charge in [-0.3, -0.25) is 14.2 Å². The number of amides is 2. The summed E-state index contributed by atoms with van der Waals surface area (Å²) in [7, 11) is 0. The van der Waals surface area contributed by atoms with Crippen molar-refractivity contribution in [2.75, 3.05) is 0 Å². The highest BCUT2D eigenvalue weighted by molar-refractivity contribution is 7.73. The zero-order valence-corrected chi connectivity index (χ0v) is 15.1. The molecule has 0 unspecified atom stereocenters. The van der Waals surface area contributed by atoms with Crippen LogP contribution in [0.5, 0.6) is 5.88 Å². The van der Waals surface area contributed by atoms with Gasteiger partial charge in [0.2, 0.25) is 5.88 Å². The summed E-state index contributed by atoms with van der Waals surface area (Å²) in [6.45, 7) is 0. The average Bonchev–Trinajstić information content (AvgIpc) is 3.09. The number of aromatic nitrogens is 1. The van der Waals surface area contributed by atoms with Crippen LogP contribution in [-0.4, -0.2) is 21.5 Å². The number of primary amides is 1. The first-order valence-electron chi connectivity index (χ1n) is 7.66. The van der Waals surface area contributed by atoms with Crippen LogP contribution in [-0.2, 0) is 4.79 Å². The molecule has 2 aromatic carbocycles. The molecule has 0 fully saturated rings. The SMILES string of the molecule is NC(=O)c1ccccc1-n1c(O)c(C2=c3cc(F)ccc3=NC2=O)sc1=S. The van der Waals surface area contributed by atoms with Gasteiger partial charge in [-0.2, -0.15) is 0 Å². The Balaban J connectivity index is 2.04. The lowest BCUT2D eigenvalue weighted by molar-refractivity contribution is -0.112. The quantitative estimate of drug-likeness (QED) is 0.654. The van der Waals surface area contributed by atoms with Gasteiger partial charge in [-0.15, -0.1) is 11.3 Å². The second-order valence-electron chi connectivity index (χ2n) is 5.69. The average molecular weight is 399 g/mol. The number of nitrogens with zero attached hydrogens (tertiary/aromatic N) is 2. The number of fused-ring (bicyclic) bond motifs is 1. The predicted molar refractivity (Wildman–Crippen MR) is 99.4 cm³/mol. The number of nitrogens with two attached hydrogens (primary N) is 1. The summed E-state index contributed by atoms with van der Waals surface area (Å²) in [5, 5.41) is 11.4. The molecule has 0 spiro atoms. The molecule has 0 saturated heterocycles. The molecule has 2 amide bonds. The van der Waals surface area contributed by atoms with Crippen molar-refractivity contribution in [1.82, 2.24) is 4.57 Å². The molecule has 0 atom stereocenters. The van der Waals surface area contributed by atoms with Crippen LogP contribution >= 0.6 is 23.6 Å². The monoisotopic (exact) mass is 399 g/mol. The van der Waals surface area contributed by atoms with Crippen LogP contribution in [0.1, 0.15) is 15.2 Å². The molecule has 0 saturated carbocycles. The van der Waals surface area contributed by atoms with Crippen molar-refractivity contribution in [2.24, 2.45) is 10.7 Å². The van der Waals surface area contributed by atoms with E-state index in [0.717, 1.165) is 11.3 Å². The van der Waals surface area contributed by atoms with Crippen molar-refractivity contribution in [1.29, 1.82) is 0 Å². The van der Waals surface area contributed by atoms with E-state index in [-0.39, 0.29) is 36.8 Å². The number of halogens is 1. The first-order valence-corrected chi connectivity index (χ1v) is 8.88. The van der Waals surface area contributed by atoms with E-state index in [1.54, 1.807) is 18.2 Å². The molecular formula is C18H10FN3O3S2. The van der Waals surface area contributed by atoms with Crippen LogP contribution in [0.4, 0.5) is 4.39 Å². The Labute approximate surface area is 160 Å². The van der Waals surface area contributed by atoms with E-state index in [9.17, 15) is 19.1 Å². The number of carbonyl (C=O) groups is 2. The highest BCUT2D eigenvalue weighted by atomic mass is 32.1. The second kappa shape index (κ2) is 6.22. The molecule has 0 radical (unpaired) electrons. The van der Waals surface area contributed by atoms with Crippen molar-refractivity contribution in [2.45, 2.75) is 0 Å². The Hall–Kier alpha value is -3.17. The first kappa shape index (κ1) is 17.3. The molecule has 4 rings (SSSR count). The lowest BCUT2D eigenvalue weighted by Gasteiger charge is -2.09. The molecule has 27 heavy (non-hydrogen) atoms. The van der Waals surface area contributed by atoms with E-state index in [4.69, 9.17) is 18.0 Å². The Morgan fingerprint density at radius 1 is 1.26 bits per heavy atom. The van der Waals surface area contributed by atoms with Crippen LogP contribution in [0, 0.1) is 9.77 Å². The van der Waals surface area contributed by atoms with Gasteiger partial charge in [0.15, 0.2) is 3.95 Å². The van der Waals surface area contributed by atoms with E-state index in [2.05, 4.69) is 4.99 Å². The molecule has 1 aliphatic rings. The fourth-order valence-electron chi connectivity index (χ4n) is 2.92. The Morgan fingerprint density at radius 3 is 2.74 bits per heavy atom. The maximum atomic E-state index is 13.7. The molecule has 9 heteroatoms. The van der Waals surface area contributed by atoms with E-state index < -0.39 is 17.6 Å². The summed E-state index contributed by atoms with van der Waals surface area (Å²) in [6, 6.07) is 10.1. The van der Waals surface area contributed by atoms with Gasteiger partial charge in [0.1, 0.15) is 10.7 Å². The zero-order valence-electron chi connectivity index (χ0n) is 13.5. The topological polar surface area (TPSA) is 97.7 Å². The van der Waals surface area contributed by atoms with Crippen molar-refractivity contribution < 1.29 is 19.1 Å². The number of aromatic hydroxyl groups is 1. The largest absolute Gasteiger partial charge is 0.493 e. The maximum absolute atomic E-state index is 13.7. The number of rotatable bonds is 3. The van der Waals surface area contributed by atoms with E-state index in [0.29, 0.717) is 5.36 Å². The number of benzene rings is 2. The molecule has 3 aromatic rings. The van der Waals surface area contributed by atoms with Gasteiger partial charge in [-0.05, 0) is 42.5 Å². The molecule has 1 aliphatic heterocycles. The van der Waals surface area contributed by atoms with Crippen molar-refractivity contribution >= 4 is 40.9 Å². The standard InChI is InChI=1S/C18H10FN3O3S2/c19-8-5-6-11-10(7-8)13(16(24)21-11)14-17(25)22(18(26)27-14)12-4-2-1-3-9(12)15(20)23/h1-7,25H,(H2,20,23). The highest BCUT2D eigenvalue weighted by Crippen LogP contribution is 2.35. The number of carbonyl (C=O) groups excluding carboxylic acids is 2. The Morgan fingerprint density at radius 2 is 2.00 bits per heavy atom. The first-order chi connectivity index (χ1) is 12.9. The summed E-state index contributed by atoms with van der Waals surface area (Å²) in [4.78, 5) is 28.1. The molecule has 1 aromatic heterocycles. The Bertz CT molecular complexity index is 1320. The Kier molecular flexibility index (Phi) is 3.97. The third kappa shape index (κ3) is 2.68. The molecule has 0 aliphatic carbocycles. The number of hydrogen-bond acceptors (Lipinski definition) is 5. The van der Waals surface area contributed by atoms with Gasteiger partial charge in [0, 0.05) is 5.22 Å². The lowest BCUT2D eigenvalue weighted by atomic mass is 10.1. The van der Waals surface area contributed by atoms with Crippen LogP contribution in [0.2, 0.25) is 0 Å². The third-order valence-corrected chi connectivity index (χ3v) is 5.47. The number of hydrogen-bond donors (Lipinski definition) is 2. The van der Waals surface area contributed by atoms with Crippen molar-refractivity contribution in [3.8, 4) is 11.6 Å². The van der Waals surface area contributed by atoms with Gasteiger partial charge in [-0.25, -0.2) is 9.38 Å². The number of thiazole rings is 1. The minimum atomic E-state index is -0.688. The van der Waals surface area contributed by atoms with Crippen LogP contribution in [0.25, 0.3) is 11.3 Å². The van der Waals surface area contributed by atoms with E-state index >= 15 is 0 Å². The van der Waals surface area contributed by atoms with Crippen molar-refractivity contribution in [3.63, 3.8) is 0 Å². The summed E-state index contributed by atoms with van der Waals surface area (Å²) >= 11 is 6.29. The minimum Gasteiger partial charge on any atom is -0.493 e. The molecular weight excluding hydrogens is 389 g/mol. The van der Waals surface area contributed by atoms with Crippen LogP contribution < -0.4 is 16.3 Å². The highest BCUT2D eigenvalue weighted by Gasteiger charge is 2.26. The van der Waals surface area contributed by atoms with Gasteiger partial charge in [0.05, 0.1) is 22.2 Å². The summed E-state index contributed by atoms with van der Waals surface area (Å²) < 4.78 is 15.1. The molecule has 134 valence electrons. The second-order valence-corrected chi connectivity index (χ2v) is 7.34. The number of para-hydroxylation sites is 1. The zero-order chi connectivity index (χ0) is 19.3. The fourth-order valence-corrected chi connectivity index (χ4v) is 4.29. The summed E-state index contributed by atoms with van der Waals surface area (Å²) in [5.74, 6) is -2.16. The predicted octanol–water partition coefficient (Wildman–Crippen LogP) is 1.57. The van der Waals surface area contributed by atoms with Crippen LogP contribution in [0.3, 0.4) is 0 Å². The van der Waals surface area contributed by atoms with E-state index in [1.807, 2.05) is 0 Å². The lowest BCUT2D eigenvalue weighted by Crippen LogP contribution is -2.23. The summed E-state index contributed by atoms with van der Waals surface area (Å²) in [6.07, 6.45) is 0. The van der Waals surface area contributed by atoms with Gasteiger partial charge in [0.25, 0.3) is 11.8 Å². The molecule has 6 nitrogen and oxygen atoms in total. The molecule has 3 N–H and O–H groups in total. The molecule has 0 bridgehead atoms. The van der Waals surface area contributed by atoms with Gasteiger partial charge >= 0.3 is 0 Å². The van der Waals surface area contributed by atoms with Crippen LogP contribution in [0.15, 0.2) is 47.5 Å². The maximum Gasteiger partial charge on any atom is 0.279 e. The van der Waals surface area contributed by atoms with Gasteiger partial charge in [-0.1, -0.05) is 12.1 Å². The smallest absolute Gasteiger partial charge is 0.279 e. The normalized spacial score (nSPS) is 12.8.